The summed E-state index contributed by atoms with van der Waals surface area (Å²) >= 11 is 3.38. The van der Waals surface area contributed by atoms with Crippen LogP contribution in [0.2, 0.25) is 0 Å². The average molecular weight is 350 g/mol. The Hall–Kier alpha value is -1.39. The number of ether oxygens (including phenoxy) is 1. The van der Waals surface area contributed by atoms with E-state index in [0.717, 1.165) is 22.2 Å². The Balaban J connectivity index is 1.83. The van der Waals surface area contributed by atoms with Gasteiger partial charge in [0, 0.05) is 16.4 Å². The van der Waals surface area contributed by atoms with E-state index in [2.05, 4.69) is 22.0 Å². The van der Waals surface area contributed by atoms with E-state index in [1.54, 1.807) is 12.1 Å². The van der Waals surface area contributed by atoms with Crippen molar-refractivity contribution in [3.63, 3.8) is 0 Å². The maximum atomic E-state index is 13.9. The molecule has 1 aliphatic heterocycles. The normalized spacial score (nSPS) is 18.7. The molecule has 0 amide bonds. The molecule has 110 valence electrons. The summed E-state index contributed by atoms with van der Waals surface area (Å²) in [7, 11) is 0. The van der Waals surface area contributed by atoms with E-state index in [9.17, 15) is 4.39 Å². The molecule has 0 spiro atoms. The predicted molar refractivity (Wildman–Crippen MR) is 85.1 cm³/mol. The van der Waals surface area contributed by atoms with Gasteiger partial charge in [-0.3, -0.25) is 0 Å². The summed E-state index contributed by atoms with van der Waals surface area (Å²) in [6.45, 7) is 0.663. The van der Waals surface area contributed by atoms with Gasteiger partial charge in [0.25, 0.3) is 0 Å². The Bertz CT molecular complexity index is 646. The van der Waals surface area contributed by atoms with Crippen molar-refractivity contribution >= 4 is 15.9 Å². The van der Waals surface area contributed by atoms with E-state index in [4.69, 9.17) is 10.5 Å². The van der Waals surface area contributed by atoms with Crippen molar-refractivity contribution in [2.24, 2.45) is 5.73 Å². The van der Waals surface area contributed by atoms with E-state index in [1.807, 2.05) is 18.2 Å². The molecule has 0 saturated carbocycles. The smallest absolute Gasteiger partial charge is 0.126 e. The molecule has 2 unspecified atom stereocenters. The summed E-state index contributed by atoms with van der Waals surface area (Å²) in [5.74, 6) is 0.904. The lowest BCUT2D eigenvalue weighted by Crippen LogP contribution is -2.34. The molecular formula is C17H17BrFNO. The van der Waals surface area contributed by atoms with Crippen LogP contribution in [0.4, 0.5) is 4.39 Å². The van der Waals surface area contributed by atoms with E-state index in [1.165, 1.54) is 6.07 Å². The molecule has 2 N–H and O–H groups in total. The fourth-order valence-electron chi connectivity index (χ4n) is 2.91. The largest absolute Gasteiger partial charge is 0.493 e. The fourth-order valence-corrected chi connectivity index (χ4v) is 3.32. The highest BCUT2D eigenvalue weighted by molar-refractivity contribution is 9.10. The molecular weight excluding hydrogens is 333 g/mol. The highest BCUT2D eigenvalue weighted by Gasteiger charge is 2.27. The first-order valence-electron chi connectivity index (χ1n) is 7.06. The number of rotatable bonds is 3. The fraction of sp³-hybridized carbons (Fsp3) is 0.294. The van der Waals surface area contributed by atoms with Gasteiger partial charge in [0.2, 0.25) is 0 Å². The first-order valence-corrected chi connectivity index (χ1v) is 7.85. The number of nitrogens with two attached hydrogens (primary N) is 1. The maximum absolute atomic E-state index is 13.9. The molecule has 2 atom stereocenters. The molecule has 0 aromatic heterocycles. The number of hydrogen-bond donors (Lipinski definition) is 1. The van der Waals surface area contributed by atoms with Gasteiger partial charge in [0.05, 0.1) is 6.61 Å². The number of para-hydroxylation sites is 1. The van der Waals surface area contributed by atoms with Gasteiger partial charge in [-0.2, -0.15) is 0 Å². The minimum Gasteiger partial charge on any atom is -0.493 e. The highest BCUT2D eigenvalue weighted by Crippen LogP contribution is 2.36. The Morgan fingerprint density at radius 2 is 2.10 bits per heavy atom. The van der Waals surface area contributed by atoms with Crippen molar-refractivity contribution in [2.45, 2.75) is 24.8 Å². The van der Waals surface area contributed by atoms with Crippen molar-refractivity contribution in [2.75, 3.05) is 6.61 Å². The quantitative estimate of drug-likeness (QED) is 0.907. The van der Waals surface area contributed by atoms with Gasteiger partial charge >= 0.3 is 0 Å². The minimum atomic E-state index is -0.200. The van der Waals surface area contributed by atoms with Crippen LogP contribution in [0.25, 0.3) is 0 Å². The summed E-state index contributed by atoms with van der Waals surface area (Å²) in [5.41, 5.74) is 8.16. The molecule has 3 rings (SSSR count). The van der Waals surface area contributed by atoms with E-state index >= 15 is 0 Å². The molecule has 2 aromatic rings. The molecule has 0 saturated heterocycles. The van der Waals surface area contributed by atoms with Crippen LogP contribution in [0.3, 0.4) is 0 Å². The van der Waals surface area contributed by atoms with Crippen LogP contribution in [-0.4, -0.2) is 12.6 Å². The maximum Gasteiger partial charge on any atom is 0.126 e. The molecule has 0 radical (unpaired) electrons. The zero-order valence-corrected chi connectivity index (χ0v) is 13.1. The summed E-state index contributed by atoms with van der Waals surface area (Å²) in [4.78, 5) is 0. The molecule has 0 bridgehead atoms. The zero-order chi connectivity index (χ0) is 14.8. The Morgan fingerprint density at radius 1 is 1.29 bits per heavy atom. The topological polar surface area (TPSA) is 35.2 Å². The molecule has 0 aliphatic carbocycles. The number of benzene rings is 2. The Kier molecular flexibility index (Phi) is 4.27. The van der Waals surface area contributed by atoms with Gasteiger partial charge in [0.15, 0.2) is 0 Å². The zero-order valence-electron chi connectivity index (χ0n) is 11.6. The van der Waals surface area contributed by atoms with Gasteiger partial charge in [0.1, 0.15) is 11.6 Å². The molecule has 0 fully saturated rings. The summed E-state index contributed by atoms with van der Waals surface area (Å²) in [6.07, 6.45) is 1.39. The van der Waals surface area contributed by atoms with Crippen LogP contribution >= 0.6 is 15.9 Å². The highest BCUT2D eigenvalue weighted by atomic mass is 79.9. The second-order valence-electron chi connectivity index (χ2n) is 5.39. The first-order chi connectivity index (χ1) is 10.1. The molecule has 4 heteroatoms. The van der Waals surface area contributed by atoms with Crippen LogP contribution in [0.5, 0.6) is 5.75 Å². The van der Waals surface area contributed by atoms with Crippen LogP contribution in [0.1, 0.15) is 23.5 Å². The van der Waals surface area contributed by atoms with Crippen LogP contribution in [0.15, 0.2) is 46.9 Å². The second-order valence-corrected chi connectivity index (χ2v) is 6.30. The molecule has 2 aromatic carbocycles. The minimum absolute atomic E-state index is 0.126. The van der Waals surface area contributed by atoms with E-state index < -0.39 is 0 Å². The van der Waals surface area contributed by atoms with E-state index in [-0.39, 0.29) is 17.8 Å². The van der Waals surface area contributed by atoms with Gasteiger partial charge in [-0.15, -0.1) is 0 Å². The van der Waals surface area contributed by atoms with Crippen LogP contribution in [-0.2, 0) is 6.42 Å². The van der Waals surface area contributed by atoms with Crippen molar-refractivity contribution in [1.29, 1.82) is 0 Å². The summed E-state index contributed by atoms with van der Waals surface area (Å²) in [5, 5.41) is 0. The second kappa shape index (κ2) is 6.16. The molecule has 1 aliphatic rings. The average Bonchev–Trinajstić information content (AvgIpc) is 2.50. The van der Waals surface area contributed by atoms with Gasteiger partial charge < -0.3 is 10.5 Å². The number of fused-ring (bicyclic) bond motifs is 1. The summed E-state index contributed by atoms with van der Waals surface area (Å²) in [6, 6.07) is 12.8. The van der Waals surface area contributed by atoms with Gasteiger partial charge in [-0.05, 0) is 48.2 Å². The third kappa shape index (κ3) is 3.11. The standard InChI is InChI=1S/C17H17BrFNO/c18-12-5-6-15(19)11(9-12)10-16(20)13-7-8-21-17-4-2-1-3-14(13)17/h1-6,9,13,16H,7-8,10,20H2. The molecule has 2 nitrogen and oxygen atoms in total. The molecule has 21 heavy (non-hydrogen) atoms. The lowest BCUT2D eigenvalue weighted by molar-refractivity contribution is 0.254. The first kappa shape index (κ1) is 14.5. The lowest BCUT2D eigenvalue weighted by Gasteiger charge is -2.30. The third-order valence-corrected chi connectivity index (χ3v) is 4.48. The lowest BCUT2D eigenvalue weighted by atomic mass is 9.84. The van der Waals surface area contributed by atoms with E-state index in [0.29, 0.717) is 18.6 Å². The number of halogens is 2. The molecule has 1 heterocycles. The predicted octanol–water partition coefficient (Wildman–Crippen LogP) is 4.02. The Morgan fingerprint density at radius 3 is 2.95 bits per heavy atom. The van der Waals surface area contributed by atoms with Crippen LogP contribution < -0.4 is 10.5 Å². The SMILES string of the molecule is NC(Cc1cc(Br)ccc1F)C1CCOc2ccccc21. The monoisotopic (exact) mass is 349 g/mol. The third-order valence-electron chi connectivity index (χ3n) is 3.99. The van der Waals surface area contributed by atoms with Crippen molar-refractivity contribution in [1.82, 2.24) is 0 Å². The van der Waals surface area contributed by atoms with Crippen molar-refractivity contribution in [3.05, 3.63) is 63.9 Å². The number of hydrogen-bond acceptors (Lipinski definition) is 2. The van der Waals surface area contributed by atoms with Gasteiger partial charge in [-0.1, -0.05) is 34.1 Å². The van der Waals surface area contributed by atoms with Crippen molar-refractivity contribution in [3.8, 4) is 5.75 Å². The Labute approximate surface area is 132 Å². The van der Waals surface area contributed by atoms with Crippen LogP contribution in [0, 0.1) is 5.82 Å². The summed E-state index contributed by atoms with van der Waals surface area (Å²) < 4.78 is 20.4. The van der Waals surface area contributed by atoms with Crippen molar-refractivity contribution < 1.29 is 9.13 Å². The van der Waals surface area contributed by atoms with Gasteiger partial charge in [-0.25, -0.2) is 4.39 Å².